The van der Waals surface area contributed by atoms with Crippen molar-refractivity contribution in [1.29, 1.82) is 0 Å². The molecule has 23 heavy (non-hydrogen) atoms. The van der Waals surface area contributed by atoms with Gasteiger partial charge in [-0.3, -0.25) is 10.1 Å². The van der Waals surface area contributed by atoms with E-state index in [2.05, 4.69) is 15.3 Å². The van der Waals surface area contributed by atoms with Crippen molar-refractivity contribution in [3.63, 3.8) is 0 Å². The lowest BCUT2D eigenvalue weighted by atomic mass is 10.2. The largest absolute Gasteiger partial charge is 0.461 e. The van der Waals surface area contributed by atoms with Gasteiger partial charge in [-0.1, -0.05) is 0 Å². The first kappa shape index (κ1) is 15.2. The Hall–Kier alpha value is -2.67. The SMILES string of the molecule is Cc1cc2cc(N=C(N)NC(=O)c3sc(C)nc3C)ccc2o1. The van der Waals surface area contributed by atoms with Crippen LogP contribution in [0.15, 0.2) is 33.7 Å². The minimum Gasteiger partial charge on any atom is -0.461 e. The number of thiazole rings is 1. The van der Waals surface area contributed by atoms with Crippen molar-refractivity contribution in [2.45, 2.75) is 20.8 Å². The molecule has 0 aliphatic rings. The van der Waals surface area contributed by atoms with Crippen LogP contribution in [0.5, 0.6) is 0 Å². The summed E-state index contributed by atoms with van der Waals surface area (Å²) in [6.45, 7) is 5.53. The van der Waals surface area contributed by atoms with E-state index in [-0.39, 0.29) is 11.9 Å². The van der Waals surface area contributed by atoms with Gasteiger partial charge in [0.1, 0.15) is 16.2 Å². The minimum absolute atomic E-state index is 0.0417. The normalized spacial score (nSPS) is 11.9. The first-order valence-corrected chi connectivity index (χ1v) is 7.84. The molecule has 118 valence electrons. The van der Waals surface area contributed by atoms with Gasteiger partial charge in [-0.05, 0) is 45.0 Å². The molecule has 0 bridgehead atoms. The zero-order valence-electron chi connectivity index (χ0n) is 13.0. The molecule has 0 spiro atoms. The third-order valence-electron chi connectivity index (χ3n) is 3.22. The second-order valence-corrected chi connectivity index (χ2v) is 6.38. The standard InChI is InChI=1S/C16H16N4O2S/c1-8-6-11-7-12(4-5-13(11)22-8)19-16(17)20-15(21)14-9(2)18-10(3)23-14/h4-7H,1-3H3,(H3,17,19,20,21). The Kier molecular flexibility index (Phi) is 3.87. The average Bonchev–Trinajstić information content (AvgIpc) is 2.99. The van der Waals surface area contributed by atoms with Gasteiger partial charge in [0.05, 0.1) is 16.4 Å². The summed E-state index contributed by atoms with van der Waals surface area (Å²) >= 11 is 1.33. The van der Waals surface area contributed by atoms with Crippen LogP contribution in [-0.2, 0) is 0 Å². The Balaban J connectivity index is 1.80. The second kappa shape index (κ2) is 5.85. The Morgan fingerprint density at radius 2 is 2.09 bits per heavy atom. The number of aromatic nitrogens is 1. The molecule has 2 heterocycles. The van der Waals surface area contributed by atoms with Crippen LogP contribution in [0.25, 0.3) is 11.0 Å². The molecule has 6 nitrogen and oxygen atoms in total. The third-order valence-corrected chi connectivity index (χ3v) is 4.30. The molecule has 2 aromatic heterocycles. The molecule has 0 unspecified atom stereocenters. The zero-order chi connectivity index (χ0) is 16.6. The summed E-state index contributed by atoms with van der Waals surface area (Å²) in [5, 5.41) is 4.37. The van der Waals surface area contributed by atoms with Crippen LogP contribution in [0, 0.1) is 20.8 Å². The fraction of sp³-hybridized carbons (Fsp3) is 0.188. The van der Waals surface area contributed by atoms with E-state index in [0.29, 0.717) is 16.3 Å². The molecule has 3 rings (SSSR count). The summed E-state index contributed by atoms with van der Waals surface area (Å²) in [7, 11) is 0. The molecule has 0 atom stereocenters. The Labute approximate surface area is 137 Å². The quantitative estimate of drug-likeness (QED) is 0.558. The predicted molar refractivity (Wildman–Crippen MR) is 91.3 cm³/mol. The van der Waals surface area contributed by atoms with Crippen LogP contribution in [0.4, 0.5) is 5.69 Å². The number of aryl methyl sites for hydroxylation is 3. The van der Waals surface area contributed by atoms with Crippen molar-refractivity contribution in [3.05, 3.63) is 45.6 Å². The highest BCUT2D eigenvalue weighted by molar-refractivity contribution is 7.13. The van der Waals surface area contributed by atoms with E-state index in [4.69, 9.17) is 10.2 Å². The van der Waals surface area contributed by atoms with E-state index in [9.17, 15) is 4.79 Å². The minimum atomic E-state index is -0.297. The number of nitrogens with zero attached hydrogens (tertiary/aromatic N) is 2. The van der Waals surface area contributed by atoms with Crippen molar-refractivity contribution in [1.82, 2.24) is 10.3 Å². The van der Waals surface area contributed by atoms with Crippen LogP contribution >= 0.6 is 11.3 Å². The number of carbonyl (C=O) groups excluding carboxylic acids is 1. The Morgan fingerprint density at radius 1 is 1.30 bits per heavy atom. The average molecular weight is 328 g/mol. The smallest absolute Gasteiger partial charge is 0.269 e. The van der Waals surface area contributed by atoms with E-state index in [1.165, 1.54) is 11.3 Å². The molecule has 0 fully saturated rings. The second-order valence-electron chi connectivity index (χ2n) is 5.18. The number of furan rings is 1. The topological polar surface area (TPSA) is 93.5 Å². The molecule has 1 aromatic carbocycles. The number of rotatable bonds is 2. The lowest BCUT2D eigenvalue weighted by molar-refractivity contribution is 0.0980. The van der Waals surface area contributed by atoms with Crippen LogP contribution in [-0.4, -0.2) is 16.9 Å². The molecule has 0 saturated heterocycles. The number of fused-ring (bicyclic) bond motifs is 1. The van der Waals surface area contributed by atoms with Gasteiger partial charge in [0, 0.05) is 5.39 Å². The Bertz CT molecular complexity index is 923. The van der Waals surface area contributed by atoms with Crippen LogP contribution < -0.4 is 11.1 Å². The first-order valence-electron chi connectivity index (χ1n) is 7.02. The number of aliphatic imine (C=N–C) groups is 1. The van der Waals surface area contributed by atoms with Crippen LogP contribution in [0.2, 0.25) is 0 Å². The molecule has 1 amide bonds. The highest BCUT2D eigenvalue weighted by atomic mass is 32.1. The lowest BCUT2D eigenvalue weighted by Gasteiger charge is -2.03. The van der Waals surface area contributed by atoms with Crippen molar-refractivity contribution in [2.24, 2.45) is 10.7 Å². The van der Waals surface area contributed by atoms with Crippen LogP contribution in [0.1, 0.15) is 26.1 Å². The maximum absolute atomic E-state index is 12.2. The number of benzene rings is 1. The van der Waals surface area contributed by atoms with Gasteiger partial charge in [0.25, 0.3) is 5.91 Å². The summed E-state index contributed by atoms with van der Waals surface area (Å²) in [6.07, 6.45) is 0. The molecule has 0 aliphatic heterocycles. The summed E-state index contributed by atoms with van der Waals surface area (Å²) in [5.74, 6) is 0.577. The molecule has 0 radical (unpaired) electrons. The fourth-order valence-electron chi connectivity index (χ4n) is 2.32. The maximum atomic E-state index is 12.2. The van der Waals surface area contributed by atoms with Gasteiger partial charge in [0.15, 0.2) is 0 Å². The molecule has 0 saturated carbocycles. The molecule has 3 aromatic rings. The van der Waals surface area contributed by atoms with Gasteiger partial charge >= 0.3 is 0 Å². The maximum Gasteiger partial charge on any atom is 0.269 e. The van der Waals surface area contributed by atoms with E-state index in [1.807, 2.05) is 32.0 Å². The zero-order valence-corrected chi connectivity index (χ0v) is 13.8. The summed E-state index contributed by atoms with van der Waals surface area (Å²) in [6, 6.07) is 7.39. The predicted octanol–water partition coefficient (Wildman–Crippen LogP) is 3.19. The molecule has 3 N–H and O–H groups in total. The van der Waals surface area contributed by atoms with Gasteiger partial charge < -0.3 is 10.2 Å². The monoisotopic (exact) mass is 328 g/mol. The third kappa shape index (κ3) is 3.24. The van der Waals surface area contributed by atoms with Gasteiger partial charge in [-0.25, -0.2) is 9.98 Å². The van der Waals surface area contributed by atoms with E-state index < -0.39 is 0 Å². The lowest BCUT2D eigenvalue weighted by Crippen LogP contribution is -2.36. The summed E-state index contributed by atoms with van der Waals surface area (Å²) < 4.78 is 5.51. The van der Waals surface area contributed by atoms with Crippen molar-refractivity contribution < 1.29 is 9.21 Å². The van der Waals surface area contributed by atoms with Gasteiger partial charge in [-0.15, -0.1) is 11.3 Å². The highest BCUT2D eigenvalue weighted by Crippen LogP contribution is 2.24. The fourth-order valence-corrected chi connectivity index (χ4v) is 3.13. The first-order chi connectivity index (χ1) is 10.9. The number of hydrogen-bond acceptors (Lipinski definition) is 5. The number of nitrogens with two attached hydrogens (primary N) is 1. The number of guanidine groups is 1. The number of carbonyl (C=O) groups is 1. The van der Waals surface area contributed by atoms with Crippen molar-refractivity contribution in [2.75, 3.05) is 0 Å². The number of hydrogen-bond donors (Lipinski definition) is 2. The molecular formula is C16H16N4O2S. The Morgan fingerprint density at radius 3 is 2.78 bits per heavy atom. The number of nitrogens with one attached hydrogen (secondary N) is 1. The molecule has 7 heteroatoms. The van der Waals surface area contributed by atoms with Crippen molar-refractivity contribution in [3.8, 4) is 0 Å². The van der Waals surface area contributed by atoms with Crippen molar-refractivity contribution >= 4 is 39.9 Å². The molecule has 0 aliphatic carbocycles. The van der Waals surface area contributed by atoms with E-state index >= 15 is 0 Å². The van der Waals surface area contributed by atoms with Gasteiger partial charge in [0.2, 0.25) is 5.96 Å². The summed E-state index contributed by atoms with van der Waals surface area (Å²) in [4.78, 5) is 21.2. The van der Waals surface area contributed by atoms with Crippen LogP contribution in [0.3, 0.4) is 0 Å². The summed E-state index contributed by atoms with van der Waals surface area (Å²) in [5.41, 5.74) is 7.96. The van der Waals surface area contributed by atoms with Gasteiger partial charge in [-0.2, -0.15) is 0 Å². The van der Waals surface area contributed by atoms with E-state index in [0.717, 1.165) is 21.7 Å². The molecular weight excluding hydrogens is 312 g/mol. The number of amides is 1. The van der Waals surface area contributed by atoms with E-state index in [1.54, 1.807) is 13.0 Å². The highest BCUT2D eigenvalue weighted by Gasteiger charge is 2.14.